The summed E-state index contributed by atoms with van der Waals surface area (Å²) in [5.41, 5.74) is 0. The van der Waals surface area contributed by atoms with Crippen molar-refractivity contribution in [3.05, 3.63) is 36.5 Å². The molecule has 0 spiro atoms. The van der Waals surface area contributed by atoms with E-state index in [1.807, 2.05) is 0 Å². The van der Waals surface area contributed by atoms with Crippen LogP contribution in [0, 0.1) is 37.7 Å². The molecule has 0 heterocycles. The van der Waals surface area contributed by atoms with Crippen LogP contribution in [0.4, 0.5) is 0 Å². The first-order valence-electron chi connectivity index (χ1n) is 22.9. The zero-order chi connectivity index (χ0) is 40.4. The molecule has 326 valence electrons. The number of rotatable bonds is 39. The maximum absolute atomic E-state index is 10.2. The molecule has 0 rings (SSSR count). The number of unbranched alkanes of at least 4 members (excludes halogenated alkanes) is 27. The molecule has 0 aromatic heterocycles. The second-order valence-corrected chi connectivity index (χ2v) is 15.0. The van der Waals surface area contributed by atoms with Crippen molar-refractivity contribution < 1.29 is 67.4 Å². The van der Waals surface area contributed by atoms with Gasteiger partial charge in [0.15, 0.2) is 0 Å². The van der Waals surface area contributed by atoms with Crippen LogP contribution >= 0.6 is 0 Å². The molecule has 6 nitrogen and oxygen atoms in total. The standard InChI is InChI=1S/3C16H30O2.Ho/c3*1-2-3-4-5-6-7-8-9-10-11-12-13-14-15-16(17)18;/h3*7-8H,2-6,9-15H2,1H3,(H,17,18);/q;;;+3/p-3/b3*8-7-;. The minimum atomic E-state index is -0.916. The summed E-state index contributed by atoms with van der Waals surface area (Å²) in [6.45, 7) is 6.72. The largest absolute Gasteiger partial charge is 3.00 e. The van der Waals surface area contributed by atoms with Gasteiger partial charge in [-0.2, -0.15) is 0 Å². The Bertz CT molecular complexity index is 744. The Morgan fingerprint density at radius 2 is 0.455 bits per heavy atom. The second kappa shape index (κ2) is 57.2. The smallest absolute Gasteiger partial charge is 0.550 e. The zero-order valence-corrected chi connectivity index (χ0v) is 38.1. The molecule has 0 N–H and O–H groups in total. The first kappa shape index (κ1) is 60.6. The van der Waals surface area contributed by atoms with Gasteiger partial charge < -0.3 is 29.7 Å². The van der Waals surface area contributed by atoms with Crippen molar-refractivity contribution in [3.8, 4) is 0 Å². The van der Waals surface area contributed by atoms with Crippen LogP contribution in [-0.4, -0.2) is 17.9 Å². The van der Waals surface area contributed by atoms with E-state index in [4.69, 9.17) is 0 Å². The summed E-state index contributed by atoms with van der Waals surface area (Å²) in [6.07, 6.45) is 53.9. The minimum Gasteiger partial charge on any atom is -0.550 e. The van der Waals surface area contributed by atoms with Gasteiger partial charge in [0.1, 0.15) is 0 Å². The molecular formula is C48H87HoO6. The van der Waals surface area contributed by atoms with Gasteiger partial charge in [-0.15, -0.1) is 0 Å². The van der Waals surface area contributed by atoms with Crippen LogP contribution in [0.1, 0.15) is 252 Å². The van der Waals surface area contributed by atoms with Gasteiger partial charge in [0.2, 0.25) is 0 Å². The molecule has 0 atom stereocenters. The molecule has 55 heavy (non-hydrogen) atoms. The van der Waals surface area contributed by atoms with E-state index in [1.165, 1.54) is 154 Å². The van der Waals surface area contributed by atoms with Gasteiger partial charge in [-0.1, -0.05) is 173 Å². The van der Waals surface area contributed by atoms with Gasteiger partial charge in [-0.25, -0.2) is 0 Å². The van der Waals surface area contributed by atoms with Crippen molar-refractivity contribution in [3.63, 3.8) is 0 Å². The summed E-state index contributed by atoms with van der Waals surface area (Å²) >= 11 is 0. The molecule has 0 aromatic carbocycles. The van der Waals surface area contributed by atoms with Crippen molar-refractivity contribution in [1.82, 2.24) is 0 Å². The third kappa shape index (κ3) is 71.1. The number of aliphatic carboxylic acids is 3. The van der Waals surface area contributed by atoms with Crippen molar-refractivity contribution in [2.24, 2.45) is 0 Å². The monoisotopic (exact) mass is 925 g/mol. The number of allylic oxidation sites excluding steroid dienone is 6. The van der Waals surface area contributed by atoms with Crippen LogP contribution in [0.3, 0.4) is 0 Å². The fourth-order valence-electron chi connectivity index (χ4n) is 5.96. The molecule has 0 saturated carbocycles. The Balaban J connectivity index is -0.000000351. The van der Waals surface area contributed by atoms with Crippen molar-refractivity contribution in [2.45, 2.75) is 252 Å². The molecule has 0 saturated heterocycles. The predicted molar refractivity (Wildman–Crippen MR) is 226 cm³/mol. The fraction of sp³-hybridized carbons (Fsp3) is 0.812. The Morgan fingerprint density at radius 3 is 0.636 bits per heavy atom. The Morgan fingerprint density at radius 1 is 0.291 bits per heavy atom. The maximum Gasteiger partial charge on any atom is 3.00 e. The fourth-order valence-corrected chi connectivity index (χ4v) is 5.96. The van der Waals surface area contributed by atoms with Gasteiger partial charge in [-0.05, 0) is 116 Å². The molecule has 0 aliphatic carbocycles. The molecule has 0 bridgehead atoms. The van der Waals surface area contributed by atoms with E-state index in [-0.39, 0.29) is 57.0 Å². The molecule has 0 aliphatic heterocycles. The summed E-state index contributed by atoms with van der Waals surface area (Å²) in [5.74, 6) is -2.75. The van der Waals surface area contributed by atoms with Gasteiger partial charge in [0.05, 0.1) is 0 Å². The van der Waals surface area contributed by atoms with Crippen LogP contribution in [0.2, 0.25) is 0 Å². The van der Waals surface area contributed by atoms with Crippen molar-refractivity contribution in [1.29, 1.82) is 0 Å². The minimum absolute atomic E-state index is 0. The normalized spacial score (nSPS) is 11.0. The number of carbonyl (C=O) groups is 3. The summed E-state index contributed by atoms with van der Waals surface area (Å²) in [5, 5.41) is 30.5. The Kier molecular flexibility index (Phi) is 63.0. The Hall–Kier alpha value is -1.11. The van der Waals surface area contributed by atoms with E-state index in [0.29, 0.717) is 0 Å². The summed E-state index contributed by atoms with van der Waals surface area (Å²) < 4.78 is 0. The molecule has 0 aromatic rings. The maximum atomic E-state index is 10.2. The number of carbonyl (C=O) groups excluding carboxylic acids is 3. The molecule has 0 unspecified atom stereocenters. The average molecular weight is 925 g/mol. The van der Waals surface area contributed by atoms with E-state index in [1.54, 1.807) is 0 Å². The van der Waals surface area contributed by atoms with Crippen LogP contribution in [-0.2, 0) is 14.4 Å². The van der Waals surface area contributed by atoms with Crippen LogP contribution < -0.4 is 15.3 Å². The van der Waals surface area contributed by atoms with E-state index in [9.17, 15) is 29.7 Å². The second-order valence-electron chi connectivity index (χ2n) is 15.0. The quantitative estimate of drug-likeness (QED) is 0.0344. The summed E-state index contributed by atoms with van der Waals surface area (Å²) in [6, 6.07) is 0. The van der Waals surface area contributed by atoms with Crippen molar-refractivity contribution in [2.75, 3.05) is 0 Å². The van der Waals surface area contributed by atoms with Crippen LogP contribution in [0.25, 0.3) is 0 Å². The van der Waals surface area contributed by atoms with E-state index in [0.717, 1.165) is 57.8 Å². The average Bonchev–Trinajstić information content (AvgIpc) is 3.14. The summed E-state index contributed by atoms with van der Waals surface area (Å²) in [7, 11) is 0. The van der Waals surface area contributed by atoms with E-state index >= 15 is 0 Å². The first-order valence-corrected chi connectivity index (χ1v) is 22.9. The number of hydrogen-bond donors (Lipinski definition) is 0. The molecular weight excluding hydrogens is 837 g/mol. The number of hydrogen-bond acceptors (Lipinski definition) is 6. The summed E-state index contributed by atoms with van der Waals surface area (Å²) in [4.78, 5) is 30.5. The third-order valence-electron chi connectivity index (χ3n) is 9.43. The molecule has 0 aliphatic rings. The SMILES string of the molecule is CCCCCC/C=C\CCCCCCCC(=O)[O-].CCCCCC/C=C\CCCCCCCC(=O)[O-].CCCCCC/C=C\CCCCCCCC(=O)[O-].[Ho+3]. The van der Waals surface area contributed by atoms with Gasteiger partial charge in [0, 0.05) is 17.9 Å². The molecule has 0 radical (unpaired) electrons. The van der Waals surface area contributed by atoms with Gasteiger partial charge in [-0.3, -0.25) is 0 Å². The Labute approximate surface area is 371 Å². The van der Waals surface area contributed by atoms with E-state index in [2.05, 4.69) is 57.2 Å². The molecule has 7 heteroatoms. The number of carboxylic acid groups (broad SMARTS) is 3. The van der Waals surface area contributed by atoms with Crippen molar-refractivity contribution >= 4 is 17.9 Å². The molecule has 0 fully saturated rings. The van der Waals surface area contributed by atoms with Crippen LogP contribution in [0.15, 0.2) is 36.5 Å². The van der Waals surface area contributed by atoms with Crippen LogP contribution in [0.5, 0.6) is 0 Å². The van der Waals surface area contributed by atoms with Gasteiger partial charge in [0.25, 0.3) is 0 Å². The zero-order valence-electron chi connectivity index (χ0n) is 36.2. The van der Waals surface area contributed by atoms with E-state index < -0.39 is 17.9 Å². The van der Waals surface area contributed by atoms with Gasteiger partial charge >= 0.3 is 37.7 Å². The third-order valence-corrected chi connectivity index (χ3v) is 9.43. The topological polar surface area (TPSA) is 120 Å². The number of carboxylic acids is 3. The predicted octanol–water partition coefficient (Wildman–Crippen LogP) is 12.0. The molecule has 0 amide bonds. The first-order chi connectivity index (χ1) is 26.3.